The molecule has 0 saturated carbocycles. The fraction of sp³-hybridized carbons (Fsp3) is 0.167. The van der Waals surface area contributed by atoms with Gasteiger partial charge in [-0.05, 0) is 30.7 Å². The molecule has 0 bridgehead atoms. The molecule has 4 rings (SSSR count). The number of thiazole rings is 1. The van der Waals surface area contributed by atoms with Gasteiger partial charge in [-0.3, -0.25) is 0 Å². The highest BCUT2D eigenvalue weighted by atomic mass is 32.2. The summed E-state index contributed by atoms with van der Waals surface area (Å²) in [4.78, 5) is 5.62. The predicted octanol–water partition coefficient (Wildman–Crippen LogP) is 4.06. The van der Waals surface area contributed by atoms with Crippen LogP contribution < -0.4 is 10.6 Å². The van der Waals surface area contributed by atoms with E-state index in [2.05, 4.69) is 15.6 Å². The van der Waals surface area contributed by atoms with E-state index in [1.807, 2.05) is 37.3 Å². The van der Waals surface area contributed by atoms with Gasteiger partial charge in [0, 0.05) is 18.3 Å². The number of nitrogens with one attached hydrogen (secondary N) is 2. The second kappa shape index (κ2) is 5.86. The van der Waals surface area contributed by atoms with Gasteiger partial charge in [0.25, 0.3) is 0 Å². The molecule has 2 N–H and O–H groups in total. The van der Waals surface area contributed by atoms with Crippen LogP contribution in [0, 0.1) is 6.92 Å². The quantitative estimate of drug-likeness (QED) is 0.726. The van der Waals surface area contributed by atoms with Gasteiger partial charge in [0.2, 0.25) is 9.84 Å². The van der Waals surface area contributed by atoms with Crippen molar-refractivity contribution in [2.45, 2.75) is 17.2 Å². The van der Waals surface area contributed by atoms with Gasteiger partial charge in [-0.1, -0.05) is 41.7 Å². The lowest BCUT2D eigenvalue weighted by Crippen LogP contribution is -2.24. The normalized spacial score (nSPS) is 15.8. The highest BCUT2D eigenvalue weighted by Gasteiger charge is 2.37. The van der Waals surface area contributed by atoms with E-state index in [4.69, 9.17) is 0 Å². The summed E-state index contributed by atoms with van der Waals surface area (Å²) in [7, 11) is -1.82. The van der Waals surface area contributed by atoms with Crippen molar-refractivity contribution in [1.82, 2.24) is 4.98 Å². The lowest BCUT2D eigenvalue weighted by Gasteiger charge is -2.26. The van der Waals surface area contributed by atoms with Gasteiger partial charge >= 0.3 is 0 Å². The molecule has 1 atom stereocenters. The Morgan fingerprint density at radius 2 is 1.96 bits per heavy atom. The van der Waals surface area contributed by atoms with Crippen molar-refractivity contribution in [2.24, 2.45) is 0 Å². The van der Waals surface area contributed by atoms with Crippen LogP contribution in [0.3, 0.4) is 0 Å². The number of benzene rings is 2. The first-order valence-corrected chi connectivity index (χ1v) is 10.2. The first-order chi connectivity index (χ1) is 12.0. The largest absolute Gasteiger partial charge is 0.365 e. The van der Waals surface area contributed by atoms with Gasteiger partial charge in [-0.2, -0.15) is 0 Å². The highest BCUT2D eigenvalue weighted by molar-refractivity contribution is 7.92. The molecule has 1 aliphatic rings. The van der Waals surface area contributed by atoms with Crippen LogP contribution in [0.4, 0.5) is 10.8 Å². The molecule has 2 aromatic carbocycles. The predicted molar refractivity (Wildman–Crippen MR) is 102 cm³/mol. The average molecular weight is 371 g/mol. The summed E-state index contributed by atoms with van der Waals surface area (Å²) in [5.74, 6) is 0. The Kier molecular flexibility index (Phi) is 3.77. The van der Waals surface area contributed by atoms with Crippen molar-refractivity contribution in [2.75, 3.05) is 17.7 Å². The first kappa shape index (κ1) is 16.1. The summed E-state index contributed by atoms with van der Waals surface area (Å²) in [6.07, 6.45) is 0. The number of sulfone groups is 1. The molecule has 2 heterocycles. The lowest BCUT2D eigenvalue weighted by molar-refractivity contribution is 0.587. The number of hydrogen-bond acceptors (Lipinski definition) is 6. The summed E-state index contributed by atoms with van der Waals surface area (Å²) in [5, 5.41) is 6.08. The van der Waals surface area contributed by atoms with Crippen LogP contribution in [0.15, 0.2) is 53.4 Å². The van der Waals surface area contributed by atoms with Gasteiger partial charge in [-0.15, -0.1) is 0 Å². The van der Waals surface area contributed by atoms with Crippen molar-refractivity contribution in [3.8, 4) is 11.3 Å². The van der Waals surface area contributed by atoms with Crippen LogP contribution in [-0.4, -0.2) is 20.4 Å². The smallest absolute Gasteiger partial charge is 0.204 e. The monoisotopic (exact) mass is 371 g/mol. The molecule has 5 nitrogen and oxygen atoms in total. The molecule has 0 amide bonds. The third-order valence-corrected chi connectivity index (χ3v) is 7.37. The van der Waals surface area contributed by atoms with Crippen molar-refractivity contribution in [3.05, 3.63) is 59.0 Å². The summed E-state index contributed by atoms with van der Waals surface area (Å²) < 4.78 is 26.6. The molecule has 7 heteroatoms. The third-order valence-electron chi connectivity index (χ3n) is 4.20. The maximum absolute atomic E-state index is 13.3. The minimum atomic E-state index is -3.60. The van der Waals surface area contributed by atoms with E-state index in [-0.39, 0.29) is 0 Å². The van der Waals surface area contributed by atoms with E-state index in [9.17, 15) is 8.42 Å². The topological polar surface area (TPSA) is 71.1 Å². The molecule has 0 aliphatic carbocycles. The fourth-order valence-corrected chi connectivity index (χ4v) is 5.93. The van der Waals surface area contributed by atoms with Gasteiger partial charge in [-0.25, -0.2) is 13.4 Å². The standard InChI is InChI=1S/C18H17N3O2S2/c1-11-6-5-7-12(10-11)25(22,23)17-16-15(21-18(19-2)24-16)13-8-3-4-9-14(13)20-17/h3-10,17,20H,1-2H3,(H,19,21). The number of nitrogens with zero attached hydrogens (tertiary/aromatic N) is 1. The number of aromatic nitrogens is 1. The summed E-state index contributed by atoms with van der Waals surface area (Å²) in [5.41, 5.74) is 3.35. The Hall–Kier alpha value is -2.38. The fourth-order valence-electron chi connectivity index (χ4n) is 2.98. The van der Waals surface area contributed by atoms with Gasteiger partial charge in [0.1, 0.15) is 0 Å². The Bertz CT molecular complexity index is 1060. The summed E-state index contributed by atoms with van der Waals surface area (Å²) in [6, 6.07) is 14.7. The number of para-hydroxylation sites is 1. The van der Waals surface area contributed by atoms with Crippen molar-refractivity contribution < 1.29 is 8.42 Å². The number of rotatable bonds is 3. The Labute approximate surface area is 150 Å². The molecular formula is C18H17N3O2S2. The molecule has 3 aromatic rings. The van der Waals surface area contributed by atoms with Crippen LogP contribution in [0.2, 0.25) is 0 Å². The molecule has 1 aromatic heterocycles. The van der Waals surface area contributed by atoms with Crippen molar-refractivity contribution in [1.29, 1.82) is 0 Å². The Morgan fingerprint density at radius 1 is 1.16 bits per heavy atom. The third kappa shape index (κ3) is 2.60. The Balaban J connectivity index is 1.91. The van der Waals surface area contributed by atoms with Crippen LogP contribution in [0.25, 0.3) is 11.3 Å². The molecule has 0 radical (unpaired) electrons. The van der Waals surface area contributed by atoms with Gasteiger partial charge in [0.15, 0.2) is 10.5 Å². The molecule has 128 valence electrons. The van der Waals surface area contributed by atoms with Crippen LogP contribution in [-0.2, 0) is 9.84 Å². The minimum Gasteiger partial charge on any atom is -0.365 e. The minimum absolute atomic E-state index is 0.315. The second-order valence-corrected chi connectivity index (χ2v) is 8.98. The van der Waals surface area contributed by atoms with E-state index in [1.54, 1.807) is 25.2 Å². The molecule has 1 unspecified atom stereocenters. The van der Waals surface area contributed by atoms with Crippen molar-refractivity contribution >= 4 is 32.0 Å². The first-order valence-electron chi connectivity index (χ1n) is 7.85. The summed E-state index contributed by atoms with van der Waals surface area (Å²) >= 11 is 1.37. The molecule has 0 fully saturated rings. The lowest BCUT2D eigenvalue weighted by atomic mass is 10.1. The van der Waals surface area contributed by atoms with E-state index in [0.717, 1.165) is 22.5 Å². The van der Waals surface area contributed by atoms with Crippen LogP contribution in [0.5, 0.6) is 0 Å². The van der Waals surface area contributed by atoms with Gasteiger partial charge < -0.3 is 10.6 Å². The maximum atomic E-state index is 13.3. The zero-order valence-electron chi connectivity index (χ0n) is 13.8. The van der Waals surface area contributed by atoms with E-state index in [1.165, 1.54) is 11.3 Å². The van der Waals surface area contributed by atoms with Crippen LogP contribution in [0.1, 0.15) is 15.8 Å². The molecule has 25 heavy (non-hydrogen) atoms. The molecule has 0 saturated heterocycles. The number of hydrogen-bond donors (Lipinski definition) is 2. The Morgan fingerprint density at radius 3 is 2.72 bits per heavy atom. The van der Waals surface area contributed by atoms with E-state index in [0.29, 0.717) is 14.9 Å². The number of fused-ring (bicyclic) bond motifs is 3. The van der Waals surface area contributed by atoms with Crippen molar-refractivity contribution in [3.63, 3.8) is 0 Å². The molecule has 1 aliphatic heterocycles. The summed E-state index contributed by atoms with van der Waals surface area (Å²) in [6.45, 7) is 1.89. The zero-order valence-corrected chi connectivity index (χ0v) is 15.4. The number of aryl methyl sites for hydroxylation is 1. The average Bonchev–Trinajstić information content (AvgIpc) is 3.05. The molecule has 0 spiro atoms. The van der Waals surface area contributed by atoms with Crippen LogP contribution >= 0.6 is 11.3 Å². The van der Waals surface area contributed by atoms with Gasteiger partial charge in [0.05, 0.1) is 15.5 Å². The van der Waals surface area contributed by atoms with E-state index >= 15 is 0 Å². The zero-order chi connectivity index (χ0) is 17.6. The highest BCUT2D eigenvalue weighted by Crippen LogP contribution is 2.47. The molecular weight excluding hydrogens is 354 g/mol. The number of anilines is 2. The second-order valence-electron chi connectivity index (χ2n) is 5.91. The SMILES string of the molecule is CNc1nc2c(s1)C(S(=O)(=O)c1cccc(C)c1)Nc1ccccc1-2. The van der Waals surface area contributed by atoms with E-state index < -0.39 is 15.2 Å². The maximum Gasteiger partial charge on any atom is 0.204 e.